The Morgan fingerprint density at radius 2 is 1.57 bits per heavy atom. The van der Waals surface area contributed by atoms with E-state index in [2.05, 4.69) is 39.0 Å². The Morgan fingerprint density at radius 3 is 2.30 bits per heavy atom. The van der Waals surface area contributed by atoms with E-state index < -0.39 is 0 Å². The number of thioether (sulfide) groups is 1. The molecule has 0 radical (unpaired) electrons. The number of aromatic nitrogens is 2. The molecule has 3 aromatic carbocycles. The molecule has 1 fully saturated rings. The topological polar surface area (TPSA) is 61.8 Å². The highest BCUT2D eigenvalue weighted by atomic mass is 32.2. The smallest absolute Gasteiger partial charge is 0.253 e. The molecule has 0 spiro atoms. The SMILES string of the molecule is COc1ccc(N2CCN(c3cc(C)nc(SCc4cccc(C(=O)N(C)Cc5ccccc5)c4)n3)CC2)cc1. The summed E-state index contributed by atoms with van der Waals surface area (Å²) in [5.41, 5.74) is 5.04. The molecule has 206 valence electrons. The summed E-state index contributed by atoms with van der Waals surface area (Å²) in [5, 5.41) is 0.755. The van der Waals surface area contributed by atoms with Gasteiger partial charge in [0.25, 0.3) is 5.91 Å². The molecule has 0 unspecified atom stereocenters. The van der Waals surface area contributed by atoms with Crippen molar-refractivity contribution in [3.8, 4) is 5.75 Å². The number of carbonyl (C=O) groups is 1. The van der Waals surface area contributed by atoms with Crippen LogP contribution < -0.4 is 14.5 Å². The Kier molecular flexibility index (Phi) is 8.86. The number of piperazine rings is 1. The lowest BCUT2D eigenvalue weighted by Gasteiger charge is -2.36. The lowest BCUT2D eigenvalue weighted by molar-refractivity contribution is 0.0785. The van der Waals surface area contributed by atoms with Crippen molar-refractivity contribution in [2.45, 2.75) is 24.4 Å². The monoisotopic (exact) mass is 553 g/mol. The van der Waals surface area contributed by atoms with Gasteiger partial charge in [-0.25, -0.2) is 9.97 Å². The number of carbonyl (C=O) groups excluding carboxylic acids is 1. The second-order valence-corrected chi connectivity index (χ2v) is 10.9. The average Bonchev–Trinajstić information content (AvgIpc) is 3.00. The zero-order chi connectivity index (χ0) is 27.9. The predicted octanol–water partition coefficient (Wildman–Crippen LogP) is 5.68. The van der Waals surface area contributed by atoms with E-state index in [1.807, 2.05) is 74.6 Å². The van der Waals surface area contributed by atoms with Crippen LogP contribution >= 0.6 is 11.8 Å². The standard InChI is InChI=1S/C32H35N5O2S/c1-24-20-30(37-18-16-36(17-19-37)28-12-14-29(39-3)15-13-28)34-32(33-24)40-23-26-10-7-11-27(21-26)31(38)35(2)22-25-8-5-4-6-9-25/h4-15,20-21H,16-19,22-23H2,1-3H3. The van der Waals surface area contributed by atoms with Crippen LogP contribution in [-0.2, 0) is 12.3 Å². The van der Waals surface area contributed by atoms with Crippen molar-refractivity contribution in [2.24, 2.45) is 0 Å². The zero-order valence-electron chi connectivity index (χ0n) is 23.3. The van der Waals surface area contributed by atoms with Gasteiger partial charge in [0.1, 0.15) is 11.6 Å². The molecular formula is C32H35N5O2S. The highest BCUT2D eigenvalue weighted by Gasteiger charge is 2.20. The van der Waals surface area contributed by atoms with E-state index in [0.717, 1.165) is 59.7 Å². The highest BCUT2D eigenvalue weighted by molar-refractivity contribution is 7.98. The number of hydrogen-bond acceptors (Lipinski definition) is 7. The lowest BCUT2D eigenvalue weighted by Crippen LogP contribution is -2.46. The molecule has 1 aliphatic heterocycles. The molecule has 0 saturated carbocycles. The van der Waals surface area contributed by atoms with Gasteiger partial charge in [-0.1, -0.05) is 54.2 Å². The second-order valence-electron chi connectivity index (χ2n) is 9.96. The first-order valence-corrected chi connectivity index (χ1v) is 14.5. The largest absolute Gasteiger partial charge is 0.497 e. The molecule has 7 nitrogen and oxygen atoms in total. The molecule has 2 heterocycles. The number of rotatable bonds is 9. The molecule has 40 heavy (non-hydrogen) atoms. The number of aryl methyl sites for hydroxylation is 1. The van der Waals surface area contributed by atoms with Crippen LogP contribution in [-0.4, -0.2) is 61.1 Å². The van der Waals surface area contributed by atoms with Gasteiger partial charge in [0.15, 0.2) is 5.16 Å². The van der Waals surface area contributed by atoms with E-state index in [4.69, 9.17) is 9.72 Å². The molecule has 4 aromatic rings. The third kappa shape index (κ3) is 6.93. The number of methoxy groups -OCH3 is 1. The van der Waals surface area contributed by atoms with Crippen molar-refractivity contribution in [3.63, 3.8) is 0 Å². The Hall–Kier alpha value is -4.04. The molecule has 1 saturated heterocycles. The van der Waals surface area contributed by atoms with Gasteiger partial charge in [0, 0.05) is 68.5 Å². The lowest BCUT2D eigenvalue weighted by atomic mass is 10.1. The van der Waals surface area contributed by atoms with Crippen molar-refractivity contribution in [3.05, 3.63) is 107 Å². The van der Waals surface area contributed by atoms with Crippen LogP contribution in [0.25, 0.3) is 0 Å². The summed E-state index contributed by atoms with van der Waals surface area (Å²) in [6.07, 6.45) is 0. The minimum Gasteiger partial charge on any atom is -0.497 e. The molecule has 1 aromatic heterocycles. The third-order valence-electron chi connectivity index (χ3n) is 7.01. The summed E-state index contributed by atoms with van der Waals surface area (Å²) in [7, 11) is 3.53. The van der Waals surface area contributed by atoms with Crippen LogP contribution in [0.3, 0.4) is 0 Å². The Balaban J connectivity index is 1.19. The third-order valence-corrected chi connectivity index (χ3v) is 7.93. The van der Waals surface area contributed by atoms with E-state index in [9.17, 15) is 4.79 Å². The summed E-state index contributed by atoms with van der Waals surface area (Å²) in [4.78, 5) is 29.1. The van der Waals surface area contributed by atoms with Gasteiger partial charge in [-0.15, -0.1) is 0 Å². The van der Waals surface area contributed by atoms with Crippen LogP contribution in [0.2, 0.25) is 0 Å². The minimum absolute atomic E-state index is 0.0126. The molecule has 0 atom stereocenters. The first-order valence-electron chi connectivity index (χ1n) is 13.5. The fourth-order valence-electron chi connectivity index (χ4n) is 4.83. The van der Waals surface area contributed by atoms with E-state index in [-0.39, 0.29) is 5.91 Å². The summed E-state index contributed by atoms with van der Waals surface area (Å²) in [6, 6.07) is 28.2. The van der Waals surface area contributed by atoms with Gasteiger partial charge in [0.05, 0.1) is 7.11 Å². The first-order chi connectivity index (χ1) is 19.5. The summed E-state index contributed by atoms with van der Waals surface area (Å²) in [6.45, 7) is 6.24. The van der Waals surface area contributed by atoms with Crippen molar-refractivity contribution < 1.29 is 9.53 Å². The van der Waals surface area contributed by atoms with E-state index in [1.165, 1.54) is 5.69 Å². The van der Waals surface area contributed by atoms with Gasteiger partial charge in [-0.05, 0) is 54.4 Å². The van der Waals surface area contributed by atoms with E-state index in [1.54, 1.807) is 23.8 Å². The maximum Gasteiger partial charge on any atom is 0.253 e. The van der Waals surface area contributed by atoms with Gasteiger partial charge in [-0.3, -0.25) is 4.79 Å². The van der Waals surface area contributed by atoms with Crippen molar-refractivity contribution in [1.29, 1.82) is 0 Å². The zero-order valence-corrected chi connectivity index (χ0v) is 24.1. The van der Waals surface area contributed by atoms with E-state index in [0.29, 0.717) is 17.9 Å². The second kappa shape index (κ2) is 12.9. The normalized spacial score (nSPS) is 13.3. The molecular weight excluding hydrogens is 518 g/mol. The summed E-state index contributed by atoms with van der Waals surface area (Å²) in [5.74, 6) is 2.55. The fourth-order valence-corrected chi connectivity index (χ4v) is 5.67. The van der Waals surface area contributed by atoms with E-state index >= 15 is 0 Å². The van der Waals surface area contributed by atoms with Crippen molar-refractivity contribution >= 4 is 29.2 Å². The molecule has 5 rings (SSSR count). The van der Waals surface area contributed by atoms with Crippen LogP contribution in [0.5, 0.6) is 5.75 Å². The number of ether oxygens (including phenoxy) is 1. The van der Waals surface area contributed by atoms with Crippen LogP contribution in [0.15, 0.2) is 90.1 Å². The maximum absolute atomic E-state index is 13.1. The maximum atomic E-state index is 13.1. The minimum atomic E-state index is 0.0126. The molecule has 0 bridgehead atoms. The quantitative estimate of drug-likeness (QED) is 0.195. The summed E-state index contributed by atoms with van der Waals surface area (Å²) < 4.78 is 5.29. The number of hydrogen-bond donors (Lipinski definition) is 0. The van der Waals surface area contributed by atoms with Gasteiger partial charge >= 0.3 is 0 Å². The van der Waals surface area contributed by atoms with Crippen LogP contribution in [0, 0.1) is 6.92 Å². The predicted molar refractivity (Wildman–Crippen MR) is 162 cm³/mol. The van der Waals surface area contributed by atoms with Gasteiger partial charge < -0.3 is 19.4 Å². The molecule has 0 aliphatic carbocycles. The van der Waals surface area contributed by atoms with Crippen LogP contribution in [0.1, 0.15) is 27.2 Å². The molecule has 1 aliphatic rings. The Labute approximate surface area is 240 Å². The molecule has 1 amide bonds. The summed E-state index contributed by atoms with van der Waals surface area (Å²) >= 11 is 1.60. The first kappa shape index (κ1) is 27.5. The Morgan fingerprint density at radius 1 is 0.875 bits per heavy atom. The number of amides is 1. The van der Waals surface area contributed by atoms with Gasteiger partial charge in [-0.2, -0.15) is 0 Å². The van der Waals surface area contributed by atoms with Crippen molar-refractivity contribution in [2.75, 3.05) is 50.1 Å². The number of nitrogens with zero attached hydrogens (tertiary/aromatic N) is 5. The Bertz CT molecular complexity index is 1420. The fraction of sp³-hybridized carbons (Fsp3) is 0.281. The van der Waals surface area contributed by atoms with Crippen LogP contribution in [0.4, 0.5) is 11.5 Å². The number of anilines is 2. The molecule has 0 N–H and O–H groups in total. The van der Waals surface area contributed by atoms with Crippen molar-refractivity contribution in [1.82, 2.24) is 14.9 Å². The molecule has 8 heteroatoms. The average molecular weight is 554 g/mol. The highest BCUT2D eigenvalue weighted by Crippen LogP contribution is 2.26. The van der Waals surface area contributed by atoms with Gasteiger partial charge in [0.2, 0.25) is 0 Å². The number of benzene rings is 3.